The highest BCUT2D eigenvalue weighted by molar-refractivity contribution is 8.18. The summed E-state index contributed by atoms with van der Waals surface area (Å²) in [4.78, 5) is 29.8. The minimum Gasteiger partial charge on any atom is -0.465 e. The summed E-state index contributed by atoms with van der Waals surface area (Å²) in [6.07, 6.45) is 1.88. The third kappa shape index (κ3) is 4.50. The number of ether oxygens (including phenoxy) is 1. The Balaban J connectivity index is 1.67. The third-order valence-electron chi connectivity index (χ3n) is 5.62. The number of esters is 1. The highest BCUT2D eigenvalue weighted by Gasteiger charge is 2.25. The number of rotatable bonds is 4. The molecule has 7 heteroatoms. The number of thioether (sulfide) groups is 1. The van der Waals surface area contributed by atoms with Crippen molar-refractivity contribution in [3.63, 3.8) is 0 Å². The normalized spacial score (nSPS) is 15.8. The Morgan fingerprint density at radius 2 is 1.82 bits per heavy atom. The fraction of sp³-hybridized carbons (Fsp3) is 0.192. The van der Waals surface area contributed by atoms with Gasteiger partial charge in [-0.05, 0) is 87.0 Å². The van der Waals surface area contributed by atoms with Crippen molar-refractivity contribution < 1.29 is 14.3 Å². The number of methoxy groups -OCH3 is 1. The first-order valence-corrected chi connectivity index (χ1v) is 11.3. The maximum atomic E-state index is 12.6. The van der Waals surface area contributed by atoms with Crippen molar-refractivity contribution in [1.29, 1.82) is 0 Å². The number of carbonyl (C=O) groups is 2. The molecule has 0 saturated carbocycles. The Hall–Kier alpha value is -3.58. The molecular formula is C26H25N3O3S. The van der Waals surface area contributed by atoms with Gasteiger partial charge < -0.3 is 14.6 Å². The summed E-state index contributed by atoms with van der Waals surface area (Å²) < 4.78 is 7.01. The largest absolute Gasteiger partial charge is 0.465 e. The molecule has 0 bridgehead atoms. The first kappa shape index (κ1) is 22.6. The molecule has 1 amide bonds. The van der Waals surface area contributed by atoms with Gasteiger partial charge in [0, 0.05) is 17.1 Å². The molecule has 1 aliphatic rings. The van der Waals surface area contributed by atoms with Gasteiger partial charge in [-0.2, -0.15) is 0 Å². The number of aliphatic imine (C=N–C) groups is 1. The SMILES string of the molecule is COC(=O)c1cccc(-n2c(C)cc(/C=C3/SC(=Nc4ccc(C)cc4)NC3=O)c2C)c1C. The van der Waals surface area contributed by atoms with E-state index in [9.17, 15) is 9.59 Å². The number of hydrogen-bond acceptors (Lipinski definition) is 5. The number of nitrogens with one attached hydrogen (secondary N) is 1. The molecule has 0 unspecified atom stereocenters. The fourth-order valence-electron chi connectivity index (χ4n) is 3.86. The molecule has 6 nitrogen and oxygen atoms in total. The van der Waals surface area contributed by atoms with Crippen LogP contribution >= 0.6 is 11.8 Å². The molecule has 1 aliphatic heterocycles. The number of aryl methyl sites for hydroxylation is 2. The first-order chi connectivity index (χ1) is 15.8. The number of hydrogen-bond donors (Lipinski definition) is 1. The lowest BCUT2D eigenvalue weighted by atomic mass is 10.1. The molecule has 3 aromatic rings. The van der Waals surface area contributed by atoms with E-state index in [0.717, 1.165) is 39.5 Å². The van der Waals surface area contributed by atoms with Gasteiger partial charge in [0.2, 0.25) is 0 Å². The Morgan fingerprint density at radius 1 is 1.09 bits per heavy atom. The van der Waals surface area contributed by atoms with Crippen molar-refractivity contribution in [2.45, 2.75) is 27.7 Å². The number of amidine groups is 1. The average molecular weight is 460 g/mol. The summed E-state index contributed by atoms with van der Waals surface area (Å²) in [6.45, 7) is 7.94. The lowest BCUT2D eigenvalue weighted by molar-refractivity contribution is -0.115. The Kier molecular flexibility index (Phi) is 6.24. The van der Waals surface area contributed by atoms with Crippen LogP contribution in [0.25, 0.3) is 11.8 Å². The zero-order valence-electron chi connectivity index (χ0n) is 19.2. The fourth-order valence-corrected chi connectivity index (χ4v) is 4.69. The van der Waals surface area contributed by atoms with Crippen molar-refractivity contribution in [1.82, 2.24) is 9.88 Å². The van der Waals surface area contributed by atoms with Gasteiger partial charge in [-0.1, -0.05) is 23.8 Å². The third-order valence-corrected chi connectivity index (χ3v) is 6.53. The van der Waals surface area contributed by atoms with Crippen molar-refractivity contribution in [3.8, 4) is 5.69 Å². The molecule has 0 radical (unpaired) electrons. The first-order valence-electron chi connectivity index (χ1n) is 10.5. The van der Waals surface area contributed by atoms with Crippen LogP contribution in [0.5, 0.6) is 0 Å². The van der Waals surface area contributed by atoms with Crippen molar-refractivity contribution in [2.75, 3.05) is 7.11 Å². The van der Waals surface area contributed by atoms with E-state index >= 15 is 0 Å². The number of amides is 1. The standard InChI is InChI=1S/C26H25N3O3S/c1-15-9-11-20(12-10-15)27-26-28-24(30)23(33-26)14-19-13-16(2)29(18(19)4)22-8-6-7-21(17(22)3)25(31)32-5/h6-14H,1-5H3,(H,27,28,30)/b23-14+. The quantitative estimate of drug-likeness (QED) is 0.419. The second-order valence-electron chi connectivity index (χ2n) is 7.92. The van der Waals surface area contributed by atoms with Gasteiger partial charge in [0.05, 0.1) is 23.3 Å². The van der Waals surface area contributed by atoms with E-state index < -0.39 is 0 Å². The molecular weight excluding hydrogens is 434 g/mol. The summed E-state index contributed by atoms with van der Waals surface area (Å²) in [5, 5.41) is 3.40. The molecule has 0 spiro atoms. The van der Waals surface area contributed by atoms with Crippen LogP contribution in [0.3, 0.4) is 0 Å². The van der Waals surface area contributed by atoms with Gasteiger partial charge in [0.1, 0.15) is 0 Å². The van der Waals surface area contributed by atoms with Crippen LogP contribution in [-0.2, 0) is 9.53 Å². The number of aromatic nitrogens is 1. The van der Waals surface area contributed by atoms with Gasteiger partial charge in [-0.3, -0.25) is 4.79 Å². The van der Waals surface area contributed by atoms with Gasteiger partial charge in [0.25, 0.3) is 5.91 Å². The number of nitrogens with zero attached hydrogens (tertiary/aromatic N) is 2. The molecule has 0 aliphatic carbocycles. The Bertz CT molecular complexity index is 1320. The van der Waals surface area contributed by atoms with E-state index in [4.69, 9.17) is 4.74 Å². The molecule has 4 rings (SSSR count). The van der Waals surface area contributed by atoms with E-state index in [0.29, 0.717) is 15.6 Å². The van der Waals surface area contributed by atoms with E-state index in [2.05, 4.69) is 14.9 Å². The van der Waals surface area contributed by atoms with Gasteiger partial charge in [-0.25, -0.2) is 9.79 Å². The lowest BCUT2D eigenvalue weighted by Crippen LogP contribution is -2.19. The zero-order valence-corrected chi connectivity index (χ0v) is 20.0. The van der Waals surface area contributed by atoms with Crippen molar-refractivity contribution in [3.05, 3.63) is 87.1 Å². The maximum Gasteiger partial charge on any atom is 0.338 e. The molecule has 2 aromatic carbocycles. The summed E-state index contributed by atoms with van der Waals surface area (Å²) in [5.41, 5.74) is 7.14. The van der Waals surface area contributed by atoms with Crippen LogP contribution in [0.4, 0.5) is 5.69 Å². The summed E-state index contributed by atoms with van der Waals surface area (Å²) >= 11 is 1.32. The molecule has 1 aromatic heterocycles. The molecule has 1 saturated heterocycles. The van der Waals surface area contributed by atoms with Crippen LogP contribution < -0.4 is 5.32 Å². The zero-order chi connectivity index (χ0) is 23.7. The monoisotopic (exact) mass is 459 g/mol. The summed E-state index contributed by atoms with van der Waals surface area (Å²) in [5.74, 6) is -0.530. The molecule has 33 heavy (non-hydrogen) atoms. The Morgan fingerprint density at radius 3 is 2.52 bits per heavy atom. The van der Waals surface area contributed by atoms with E-state index in [1.54, 1.807) is 6.07 Å². The van der Waals surface area contributed by atoms with Crippen LogP contribution in [-0.4, -0.2) is 28.7 Å². The van der Waals surface area contributed by atoms with Crippen molar-refractivity contribution >= 4 is 40.6 Å². The molecule has 1 fully saturated rings. The molecule has 2 heterocycles. The second-order valence-corrected chi connectivity index (χ2v) is 8.95. The highest BCUT2D eigenvalue weighted by Crippen LogP contribution is 2.31. The Labute approximate surface area is 197 Å². The van der Waals surface area contributed by atoms with Gasteiger partial charge >= 0.3 is 5.97 Å². The highest BCUT2D eigenvalue weighted by atomic mass is 32.2. The van der Waals surface area contributed by atoms with Crippen LogP contribution in [0.15, 0.2) is 58.4 Å². The predicted octanol–water partition coefficient (Wildman–Crippen LogP) is 5.39. The predicted molar refractivity (Wildman–Crippen MR) is 133 cm³/mol. The number of carbonyl (C=O) groups excluding carboxylic acids is 2. The lowest BCUT2D eigenvalue weighted by Gasteiger charge is -2.15. The minimum atomic E-state index is -0.362. The number of benzene rings is 2. The van der Waals surface area contributed by atoms with Gasteiger partial charge in [0.15, 0.2) is 5.17 Å². The molecule has 0 atom stereocenters. The van der Waals surface area contributed by atoms with E-state index in [1.165, 1.54) is 18.9 Å². The minimum absolute atomic E-state index is 0.167. The van der Waals surface area contributed by atoms with E-state index in [1.807, 2.05) is 76.2 Å². The van der Waals surface area contributed by atoms with Crippen LogP contribution in [0, 0.1) is 27.7 Å². The van der Waals surface area contributed by atoms with Gasteiger partial charge in [-0.15, -0.1) is 0 Å². The smallest absolute Gasteiger partial charge is 0.338 e. The van der Waals surface area contributed by atoms with Crippen LogP contribution in [0.1, 0.15) is 38.4 Å². The topological polar surface area (TPSA) is 72.7 Å². The van der Waals surface area contributed by atoms with Crippen molar-refractivity contribution in [2.24, 2.45) is 4.99 Å². The maximum absolute atomic E-state index is 12.6. The van der Waals surface area contributed by atoms with E-state index in [-0.39, 0.29) is 11.9 Å². The molecule has 1 N–H and O–H groups in total. The average Bonchev–Trinajstić information content (AvgIpc) is 3.27. The summed E-state index contributed by atoms with van der Waals surface area (Å²) in [7, 11) is 1.38. The van der Waals surface area contributed by atoms with Crippen LogP contribution in [0.2, 0.25) is 0 Å². The summed E-state index contributed by atoms with van der Waals surface area (Å²) in [6, 6.07) is 15.4. The molecule has 168 valence electrons. The second kappa shape index (κ2) is 9.11.